The summed E-state index contributed by atoms with van der Waals surface area (Å²) in [7, 11) is 0. The average Bonchev–Trinajstić information content (AvgIpc) is 3.14. The Morgan fingerprint density at radius 3 is 2.09 bits per heavy atom. The number of nitrogens with one attached hydrogen (secondary N) is 1. The lowest BCUT2D eigenvalue weighted by Gasteiger charge is -2.31. The SMILES string of the molecule is O=C(Nc1ccccn1)C1CCN(C(=O)c2ccc(CN3C(=O)c4ccccc4C3=O)cc2)CC1. The minimum atomic E-state index is -0.305. The van der Waals surface area contributed by atoms with Crippen LogP contribution in [0.15, 0.2) is 72.9 Å². The molecule has 0 aliphatic carbocycles. The zero-order valence-corrected chi connectivity index (χ0v) is 19.0. The second kappa shape index (κ2) is 9.50. The molecular formula is C27H24N4O4. The molecule has 0 saturated carbocycles. The van der Waals surface area contributed by atoms with E-state index < -0.39 is 0 Å². The van der Waals surface area contributed by atoms with Gasteiger partial charge in [0.25, 0.3) is 17.7 Å². The number of imide groups is 1. The molecule has 0 unspecified atom stereocenters. The number of amides is 4. The van der Waals surface area contributed by atoms with E-state index in [9.17, 15) is 19.2 Å². The molecule has 0 bridgehead atoms. The number of rotatable bonds is 5. The number of piperidine rings is 1. The Bertz CT molecular complexity index is 1250. The maximum atomic E-state index is 13.0. The first-order valence-electron chi connectivity index (χ1n) is 11.6. The number of carbonyl (C=O) groups is 4. The highest BCUT2D eigenvalue weighted by molar-refractivity contribution is 6.21. The molecule has 8 heteroatoms. The predicted octanol–water partition coefficient (Wildman–Crippen LogP) is 3.37. The Balaban J connectivity index is 1.16. The van der Waals surface area contributed by atoms with E-state index in [-0.39, 0.29) is 36.1 Å². The van der Waals surface area contributed by atoms with Gasteiger partial charge in [-0.3, -0.25) is 24.1 Å². The zero-order chi connectivity index (χ0) is 24.4. The third-order valence-corrected chi connectivity index (χ3v) is 6.49. The second-order valence-electron chi connectivity index (χ2n) is 8.71. The third kappa shape index (κ3) is 4.55. The summed E-state index contributed by atoms with van der Waals surface area (Å²) in [6, 6.07) is 19.1. The number of hydrogen-bond donors (Lipinski definition) is 1. The number of likely N-dealkylation sites (tertiary alicyclic amines) is 1. The Hall–Kier alpha value is -4.33. The fraction of sp³-hybridized carbons (Fsp3) is 0.222. The molecule has 0 atom stereocenters. The average molecular weight is 469 g/mol. The van der Waals surface area contributed by atoms with Crippen LogP contribution in [0, 0.1) is 5.92 Å². The normalized spacial score (nSPS) is 15.8. The Labute approximate surface area is 202 Å². The summed E-state index contributed by atoms with van der Waals surface area (Å²) in [5, 5.41) is 2.83. The zero-order valence-electron chi connectivity index (χ0n) is 19.0. The highest BCUT2D eigenvalue weighted by atomic mass is 16.2. The standard InChI is InChI=1S/C27H24N4O4/c32-24(29-23-7-3-4-14-28-23)19-12-15-30(16-13-19)25(33)20-10-8-18(9-11-20)17-31-26(34)21-5-1-2-6-22(21)27(31)35/h1-11,14,19H,12-13,15-17H2,(H,28,29,32). The molecule has 0 radical (unpaired) electrons. The first-order chi connectivity index (χ1) is 17.0. The van der Waals surface area contributed by atoms with Gasteiger partial charge in [-0.15, -0.1) is 0 Å². The van der Waals surface area contributed by atoms with Crippen LogP contribution >= 0.6 is 0 Å². The number of aromatic nitrogens is 1. The number of hydrogen-bond acceptors (Lipinski definition) is 5. The van der Waals surface area contributed by atoms with Crippen LogP contribution in [-0.2, 0) is 11.3 Å². The molecule has 2 aliphatic rings. The van der Waals surface area contributed by atoms with E-state index in [0.717, 1.165) is 5.56 Å². The van der Waals surface area contributed by atoms with E-state index in [2.05, 4.69) is 10.3 Å². The Morgan fingerprint density at radius 2 is 1.49 bits per heavy atom. The van der Waals surface area contributed by atoms with Gasteiger partial charge in [-0.05, 0) is 54.8 Å². The summed E-state index contributed by atoms with van der Waals surface area (Å²) in [6.07, 6.45) is 2.80. The lowest BCUT2D eigenvalue weighted by molar-refractivity contribution is -0.121. The fourth-order valence-electron chi connectivity index (χ4n) is 4.51. The van der Waals surface area contributed by atoms with Crippen LogP contribution in [0.4, 0.5) is 5.82 Å². The number of carbonyl (C=O) groups excluding carboxylic acids is 4. The van der Waals surface area contributed by atoms with E-state index in [0.29, 0.717) is 48.4 Å². The molecule has 2 aliphatic heterocycles. The number of nitrogens with zero attached hydrogens (tertiary/aromatic N) is 3. The summed E-state index contributed by atoms with van der Waals surface area (Å²) in [6.45, 7) is 1.14. The van der Waals surface area contributed by atoms with Crippen molar-refractivity contribution in [3.8, 4) is 0 Å². The molecule has 0 spiro atoms. The van der Waals surface area contributed by atoms with E-state index in [1.54, 1.807) is 71.8 Å². The highest BCUT2D eigenvalue weighted by Gasteiger charge is 2.35. The van der Waals surface area contributed by atoms with Crippen molar-refractivity contribution in [1.82, 2.24) is 14.8 Å². The molecule has 2 aromatic carbocycles. The maximum absolute atomic E-state index is 13.0. The van der Waals surface area contributed by atoms with E-state index >= 15 is 0 Å². The lowest BCUT2D eigenvalue weighted by Crippen LogP contribution is -2.41. The molecule has 3 heterocycles. The van der Waals surface area contributed by atoms with Gasteiger partial charge >= 0.3 is 0 Å². The first kappa shape index (κ1) is 22.5. The number of pyridine rings is 1. The van der Waals surface area contributed by atoms with Gasteiger partial charge in [-0.2, -0.15) is 0 Å². The van der Waals surface area contributed by atoms with Crippen molar-refractivity contribution < 1.29 is 19.2 Å². The van der Waals surface area contributed by atoms with Gasteiger partial charge in [0, 0.05) is 30.8 Å². The van der Waals surface area contributed by atoms with Crippen LogP contribution in [-0.4, -0.2) is 51.5 Å². The van der Waals surface area contributed by atoms with Crippen molar-refractivity contribution in [2.45, 2.75) is 19.4 Å². The van der Waals surface area contributed by atoms with Crippen molar-refractivity contribution in [2.75, 3.05) is 18.4 Å². The van der Waals surface area contributed by atoms with Crippen molar-refractivity contribution in [3.63, 3.8) is 0 Å². The predicted molar refractivity (Wildman–Crippen MR) is 129 cm³/mol. The molecule has 176 valence electrons. The fourth-order valence-corrected chi connectivity index (χ4v) is 4.51. The molecule has 4 amide bonds. The smallest absolute Gasteiger partial charge is 0.261 e. The van der Waals surface area contributed by atoms with Gasteiger partial charge in [0.15, 0.2) is 0 Å². The largest absolute Gasteiger partial charge is 0.339 e. The van der Waals surface area contributed by atoms with Gasteiger partial charge in [0.2, 0.25) is 5.91 Å². The van der Waals surface area contributed by atoms with Gasteiger partial charge in [0.05, 0.1) is 17.7 Å². The molecule has 1 N–H and O–H groups in total. The summed E-state index contributed by atoms with van der Waals surface area (Å²) < 4.78 is 0. The molecular weight excluding hydrogens is 444 g/mol. The van der Waals surface area contributed by atoms with Crippen LogP contribution in [0.25, 0.3) is 0 Å². The Kier molecular flexibility index (Phi) is 6.10. The first-order valence-corrected chi connectivity index (χ1v) is 11.6. The van der Waals surface area contributed by atoms with Crippen LogP contribution in [0.1, 0.15) is 49.5 Å². The minimum Gasteiger partial charge on any atom is -0.339 e. The third-order valence-electron chi connectivity index (χ3n) is 6.49. The molecule has 8 nitrogen and oxygen atoms in total. The number of anilines is 1. The number of fused-ring (bicyclic) bond motifs is 1. The van der Waals surface area contributed by atoms with Crippen LogP contribution in [0.5, 0.6) is 0 Å². The molecule has 5 rings (SSSR count). The monoisotopic (exact) mass is 468 g/mol. The topological polar surface area (TPSA) is 99.7 Å². The second-order valence-corrected chi connectivity index (χ2v) is 8.71. The molecule has 1 saturated heterocycles. The maximum Gasteiger partial charge on any atom is 0.261 e. The number of benzene rings is 2. The van der Waals surface area contributed by atoms with Crippen LogP contribution in [0.3, 0.4) is 0 Å². The quantitative estimate of drug-likeness (QED) is 0.579. The summed E-state index contributed by atoms with van der Waals surface area (Å²) in [4.78, 5) is 57.7. The van der Waals surface area contributed by atoms with Crippen LogP contribution in [0.2, 0.25) is 0 Å². The van der Waals surface area contributed by atoms with Gasteiger partial charge in [0.1, 0.15) is 5.82 Å². The van der Waals surface area contributed by atoms with E-state index in [4.69, 9.17) is 0 Å². The van der Waals surface area contributed by atoms with E-state index in [1.807, 2.05) is 6.07 Å². The highest BCUT2D eigenvalue weighted by Crippen LogP contribution is 2.25. The van der Waals surface area contributed by atoms with Crippen LogP contribution < -0.4 is 5.32 Å². The molecule has 1 aromatic heterocycles. The summed E-state index contributed by atoms with van der Waals surface area (Å²) in [5.41, 5.74) is 2.14. The minimum absolute atomic E-state index is 0.0756. The van der Waals surface area contributed by atoms with Crippen molar-refractivity contribution >= 4 is 29.4 Å². The van der Waals surface area contributed by atoms with E-state index in [1.165, 1.54) is 4.90 Å². The van der Waals surface area contributed by atoms with Gasteiger partial charge < -0.3 is 10.2 Å². The van der Waals surface area contributed by atoms with Crippen molar-refractivity contribution in [1.29, 1.82) is 0 Å². The lowest BCUT2D eigenvalue weighted by atomic mass is 9.95. The van der Waals surface area contributed by atoms with Gasteiger partial charge in [-0.25, -0.2) is 4.98 Å². The molecule has 1 fully saturated rings. The van der Waals surface area contributed by atoms with Gasteiger partial charge in [-0.1, -0.05) is 30.3 Å². The van der Waals surface area contributed by atoms with Crippen molar-refractivity contribution in [2.24, 2.45) is 5.92 Å². The summed E-state index contributed by atoms with van der Waals surface area (Å²) >= 11 is 0. The molecule has 35 heavy (non-hydrogen) atoms. The van der Waals surface area contributed by atoms with Crippen molar-refractivity contribution in [3.05, 3.63) is 95.2 Å². The Morgan fingerprint density at radius 1 is 0.857 bits per heavy atom. The molecule has 3 aromatic rings. The summed E-state index contributed by atoms with van der Waals surface area (Å²) in [5.74, 6) is -0.420.